The normalized spacial score (nSPS) is 23.9. The fraction of sp³-hybridized carbons (Fsp3) is 0.688. The molecule has 0 saturated carbocycles. The van der Waals surface area contributed by atoms with Crippen molar-refractivity contribution in [2.45, 2.75) is 30.9 Å². The molecule has 0 bridgehead atoms. The zero-order valence-corrected chi connectivity index (χ0v) is 14.6. The van der Waals surface area contributed by atoms with Gasteiger partial charge >= 0.3 is 11.9 Å². The minimum atomic E-state index is -1.51. The van der Waals surface area contributed by atoms with Gasteiger partial charge in [-0.3, -0.25) is 0 Å². The summed E-state index contributed by atoms with van der Waals surface area (Å²) >= 11 is 1.21. The Morgan fingerprint density at radius 2 is 1.78 bits per heavy atom. The Morgan fingerprint density at radius 1 is 1.22 bits per heavy atom. The molecular weight excluding hydrogens is 316 g/mol. The third-order valence-corrected chi connectivity index (χ3v) is 6.19. The lowest BCUT2D eigenvalue weighted by Crippen LogP contribution is -2.54. The van der Waals surface area contributed by atoms with E-state index in [1.54, 1.807) is 6.92 Å². The molecular formula is C16H22N2O4S. The smallest absolute Gasteiger partial charge is 0.334 e. The first-order valence-corrected chi connectivity index (χ1v) is 8.70. The predicted molar refractivity (Wildman–Crippen MR) is 86.4 cm³/mol. The Kier molecular flexibility index (Phi) is 5.58. The van der Waals surface area contributed by atoms with Gasteiger partial charge in [-0.05, 0) is 19.3 Å². The van der Waals surface area contributed by atoms with Gasteiger partial charge in [-0.25, -0.2) is 9.59 Å². The van der Waals surface area contributed by atoms with Crippen molar-refractivity contribution in [2.24, 2.45) is 5.92 Å². The van der Waals surface area contributed by atoms with Crippen LogP contribution in [0, 0.1) is 17.2 Å². The van der Waals surface area contributed by atoms with Crippen LogP contribution in [0.2, 0.25) is 0 Å². The van der Waals surface area contributed by atoms with Gasteiger partial charge < -0.3 is 14.4 Å². The number of esters is 2. The average Bonchev–Trinajstić information content (AvgIpc) is 2.60. The second-order valence-corrected chi connectivity index (χ2v) is 6.97. The first-order chi connectivity index (χ1) is 11.0. The molecule has 2 aliphatic rings. The van der Waals surface area contributed by atoms with E-state index in [2.05, 4.69) is 11.0 Å². The summed E-state index contributed by atoms with van der Waals surface area (Å²) in [6, 6.07) is 2.22. The molecule has 0 aromatic heterocycles. The van der Waals surface area contributed by atoms with Gasteiger partial charge in [-0.1, -0.05) is 6.92 Å². The Morgan fingerprint density at radius 3 is 2.26 bits per heavy atom. The minimum Gasteiger partial charge on any atom is -0.468 e. The summed E-state index contributed by atoms with van der Waals surface area (Å²) in [6.45, 7) is 3.55. The molecule has 0 aromatic rings. The lowest BCUT2D eigenvalue weighted by Gasteiger charge is -2.41. The Bertz CT molecular complexity index is 545. The lowest BCUT2D eigenvalue weighted by molar-refractivity contribution is -0.157. The molecule has 1 fully saturated rings. The van der Waals surface area contributed by atoms with Crippen molar-refractivity contribution in [3.05, 3.63) is 11.3 Å². The number of hydrogen-bond acceptors (Lipinski definition) is 7. The van der Waals surface area contributed by atoms with E-state index in [4.69, 9.17) is 9.47 Å². The number of carbonyl (C=O) groups excluding carboxylic acids is 2. The number of nitriles is 1. The van der Waals surface area contributed by atoms with Crippen molar-refractivity contribution < 1.29 is 19.1 Å². The van der Waals surface area contributed by atoms with Crippen LogP contribution in [0.5, 0.6) is 0 Å². The molecule has 2 rings (SSSR count). The number of piperidine rings is 1. The number of allylic oxidation sites excluding steroid dienone is 1. The number of carbonyl (C=O) groups is 2. The first-order valence-electron chi connectivity index (χ1n) is 7.71. The van der Waals surface area contributed by atoms with Crippen molar-refractivity contribution in [3.63, 3.8) is 0 Å². The van der Waals surface area contributed by atoms with E-state index in [1.165, 1.54) is 32.4 Å². The Labute approximate surface area is 140 Å². The molecule has 1 saturated heterocycles. The van der Waals surface area contributed by atoms with Gasteiger partial charge in [0.15, 0.2) is 0 Å². The highest BCUT2D eigenvalue weighted by Gasteiger charge is 2.57. The van der Waals surface area contributed by atoms with E-state index in [0.29, 0.717) is 11.3 Å². The van der Waals surface area contributed by atoms with Crippen LogP contribution in [0.3, 0.4) is 0 Å². The van der Waals surface area contributed by atoms with Gasteiger partial charge in [-0.2, -0.15) is 5.26 Å². The zero-order chi connectivity index (χ0) is 17.0. The third kappa shape index (κ3) is 2.92. The number of ether oxygens (including phenoxy) is 2. The zero-order valence-electron chi connectivity index (χ0n) is 13.8. The second-order valence-electron chi connectivity index (χ2n) is 5.75. The fourth-order valence-corrected chi connectivity index (χ4v) is 4.76. The standard InChI is InChI=1S/C16H22N2O4S/c1-11-12(9-17)13(18-7-5-4-6-8-18)10-23-16(11,14(19)21-2)15(20)22-3/h11H,4-8,10H2,1-3H3. The quantitative estimate of drug-likeness (QED) is 0.572. The number of rotatable bonds is 3. The van der Waals surface area contributed by atoms with Crippen LogP contribution in [0.1, 0.15) is 26.2 Å². The Hall–Kier alpha value is -1.68. The number of methoxy groups -OCH3 is 2. The van der Waals surface area contributed by atoms with Crippen LogP contribution in [0.25, 0.3) is 0 Å². The van der Waals surface area contributed by atoms with Crippen LogP contribution < -0.4 is 0 Å². The van der Waals surface area contributed by atoms with Crippen LogP contribution in [-0.2, 0) is 19.1 Å². The fourth-order valence-electron chi connectivity index (χ4n) is 3.28. The van der Waals surface area contributed by atoms with Crippen molar-refractivity contribution >= 4 is 23.7 Å². The van der Waals surface area contributed by atoms with Gasteiger partial charge in [0.2, 0.25) is 4.75 Å². The van der Waals surface area contributed by atoms with Crippen LogP contribution in [-0.4, -0.2) is 54.6 Å². The monoisotopic (exact) mass is 338 g/mol. The van der Waals surface area contributed by atoms with E-state index < -0.39 is 22.6 Å². The molecule has 0 aliphatic carbocycles. The number of nitrogens with zero attached hydrogens (tertiary/aromatic N) is 2. The molecule has 2 aliphatic heterocycles. The molecule has 1 unspecified atom stereocenters. The number of hydrogen-bond donors (Lipinski definition) is 0. The van der Waals surface area contributed by atoms with Crippen molar-refractivity contribution in [3.8, 4) is 6.07 Å². The molecule has 126 valence electrons. The molecule has 0 spiro atoms. The summed E-state index contributed by atoms with van der Waals surface area (Å²) in [5.74, 6) is -1.49. The lowest BCUT2D eigenvalue weighted by atomic mass is 9.84. The van der Waals surface area contributed by atoms with Gasteiger partial charge in [-0.15, -0.1) is 11.8 Å². The highest BCUT2D eigenvalue weighted by molar-refractivity contribution is 8.02. The molecule has 0 amide bonds. The van der Waals surface area contributed by atoms with E-state index in [1.807, 2.05) is 0 Å². The summed E-state index contributed by atoms with van der Waals surface area (Å²) in [5, 5.41) is 9.66. The van der Waals surface area contributed by atoms with E-state index >= 15 is 0 Å². The molecule has 23 heavy (non-hydrogen) atoms. The van der Waals surface area contributed by atoms with Crippen LogP contribution >= 0.6 is 11.8 Å². The minimum absolute atomic E-state index is 0.428. The van der Waals surface area contributed by atoms with E-state index in [-0.39, 0.29) is 0 Å². The largest absolute Gasteiger partial charge is 0.468 e. The van der Waals surface area contributed by atoms with Gasteiger partial charge in [0.05, 0.1) is 25.9 Å². The van der Waals surface area contributed by atoms with Crippen molar-refractivity contribution in [1.29, 1.82) is 5.26 Å². The van der Waals surface area contributed by atoms with Gasteiger partial charge in [0.1, 0.15) is 0 Å². The molecule has 0 N–H and O–H groups in total. The van der Waals surface area contributed by atoms with Crippen molar-refractivity contribution in [1.82, 2.24) is 4.90 Å². The maximum atomic E-state index is 12.4. The molecule has 6 nitrogen and oxygen atoms in total. The van der Waals surface area contributed by atoms with E-state index in [9.17, 15) is 14.9 Å². The molecule has 1 atom stereocenters. The summed E-state index contributed by atoms with van der Waals surface area (Å²) < 4.78 is 8.20. The maximum absolute atomic E-state index is 12.4. The van der Waals surface area contributed by atoms with Crippen LogP contribution in [0.15, 0.2) is 11.3 Å². The molecule has 2 heterocycles. The van der Waals surface area contributed by atoms with Crippen molar-refractivity contribution in [2.75, 3.05) is 33.1 Å². The second kappa shape index (κ2) is 7.26. The van der Waals surface area contributed by atoms with Gasteiger partial charge in [0, 0.05) is 30.5 Å². The summed E-state index contributed by atoms with van der Waals surface area (Å²) in [5.41, 5.74) is 1.43. The first kappa shape index (κ1) is 17.7. The highest BCUT2D eigenvalue weighted by Crippen LogP contribution is 2.46. The Balaban J connectivity index is 2.45. The number of thioether (sulfide) groups is 1. The third-order valence-electron chi connectivity index (χ3n) is 4.63. The molecule has 0 radical (unpaired) electrons. The molecule has 7 heteroatoms. The summed E-state index contributed by atoms with van der Waals surface area (Å²) in [6.07, 6.45) is 3.39. The predicted octanol–water partition coefficient (Wildman–Crippen LogP) is 1.72. The number of likely N-dealkylation sites (tertiary alicyclic amines) is 1. The molecule has 0 aromatic carbocycles. The topological polar surface area (TPSA) is 79.6 Å². The SMILES string of the molecule is COC(=O)C1(C(=O)OC)SCC(N2CCCCC2)=C(C#N)C1C. The van der Waals surface area contributed by atoms with Crippen LogP contribution in [0.4, 0.5) is 0 Å². The average molecular weight is 338 g/mol. The summed E-state index contributed by atoms with van der Waals surface area (Å²) in [4.78, 5) is 26.9. The van der Waals surface area contributed by atoms with E-state index in [0.717, 1.165) is 31.6 Å². The van der Waals surface area contributed by atoms with Gasteiger partial charge in [0.25, 0.3) is 0 Å². The summed E-state index contributed by atoms with van der Waals surface area (Å²) in [7, 11) is 2.49. The highest BCUT2D eigenvalue weighted by atomic mass is 32.2. The maximum Gasteiger partial charge on any atom is 0.334 e.